The van der Waals surface area contributed by atoms with E-state index in [1.165, 1.54) is 0 Å². The van der Waals surface area contributed by atoms with Crippen molar-refractivity contribution in [2.24, 2.45) is 0 Å². The minimum absolute atomic E-state index is 0.187. The molecular weight excluding hydrogens is 119 g/mol. The number of alkyl halides is 1. The Balaban J connectivity index is 2.41. The number of hydrogen-bond donors (Lipinski definition) is 0. The zero-order chi connectivity index (χ0) is 6.69. The highest BCUT2D eigenvalue weighted by Gasteiger charge is 2.18. The lowest BCUT2D eigenvalue weighted by Crippen LogP contribution is -2.12. The van der Waals surface area contributed by atoms with Gasteiger partial charge in [0.05, 0.1) is 0 Å². The van der Waals surface area contributed by atoms with Crippen LogP contribution in [0.4, 0.5) is 4.39 Å². The number of hydrogen-bond acceptors (Lipinski definition) is 1. The van der Waals surface area contributed by atoms with Crippen molar-refractivity contribution in [2.45, 2.75) is 38.3 Å². The third-order valence-corrected chi connectivity index (χ3v) is 1.73. The molecule has 0 aromatic carbocycles. The van der Waals surface area contributed by atoms with Crippen molar-refractivity contribution in [2.75, 3.05) is 0 Å². The molecule has 1 nitrogen and oxygen atoms in total. The lowest BCUT2D eigenvalue weighted by molar-refractivity contribution is -0.123. The second-order valence-electron chi connectivity index (χ2n) is 2.53. The molecule has 1 fully saturated rings. The Hall–Kier alpha value is -0.400. The van der Waals surface area contributed by atoms with Crippen molar-refractivity contribution < 1.29 is 9.18 Å². The first kappa shape index (κ1) is 6.72. The van der Waals surface area contributed by atoms with Crippen LogP contribution in [0.5, 0.6) is 0 Å². The van der Waals surface area contributed by atoms with Crippen LogP contribution in [0, 0.1) is 0 Å². The van der Waals surface area contributed by atoms with Crippen LogP contribution in [0.3, 0.4) is 0 Å². The molecule has 0 saturated heterocycles. The fraction of sp³-hybridized carbons (Fsp3) is 0.857. The van der Waals surface area contributed by atoms with Gasteiger partial charge in [0.1, 0.15) is 0 Å². The molecule has 0 aliphatic heterocycles. The van der Waals surface area contributed by atoms with E-state index in [4.69, 9.17) is 0 Å². The van der Waals surface area contributed by atoms with E-state index in [0.29, 0.717) is 12.8 Å². The summed E-state index contributed by atoms with van der Waals surface area (Å²) in [6, 6.07) is 0. The first-order valence-electron chi connectivity index (χ1n) is 3.47. The van der Waals surface area contributed by atoms with Gasteiger partial charge in [-0.1, -0.05) is 12.8 Å². The Labute approximate surface area is 54.3 Å². The molecule has 0 aromatic rings. The summed E-state index contributed by atoms with van der Waals surface area (Å²) < 4.78 is 12.5. The highest BCUT2D eigenvalue weighted by molar-refractivity contribution is 5.83. The highest BCUT2D eigenvalue weighted by atomic mass is 19.1. The van der Waals surface area contributed by atoms with E-state index >= 15 is 0 Å². The molecule has 1 aliphatic carbocycles. The number of ketones is 1. The molecule has 0 unspecified atom stereocenters. The summed E-state index contributed by atoms with van der Waals surface area (Å²) >= 11 is 0. The maximum Gasteiger partial charge on any atom is 0.166 e. The van der Waals surface area contributed by atoms with Crippen molar-refractivity contribution in [3.63, 3.8) is 0 Å². The van der Waals surface area contributed by atoms with E-state index in [1.54, 1.807) is 0 Å². The van der Waals surface area contributed by atoms with E-state index in [2.05, 4.69) is 0 Å². The Morgan fingerprint density at radius 2 is 2.11 bits per heavy atom. The van der Waals surface area contributed by atoms with Crippen LogP contribution in [0.2, 0.25) is 0 Å². The van der Waals surface area contributed by atoms with E-state index in [-0.39, 0.29) is 5.78 Å². The van der Waals surface area contributed by atoms with Gasteiger partial charge in [-0.05, 0) is 12.8 Å². The van der Waals surface area contributed by atoms with Gasteiger partial charge < -0.3 is 0 Å². The smallest absolute Gasteiger partial charge is 0.166 e. The van der Waals surface area contributed by atoms with Crippen LogP contribution in [0.15, 0.2) is 0 Å². The summed E-state index contributed by atoms with van der Waals surface area (Å²) in [5.41, 5.74) is 0. The molecule has 1 rings (SSSR count). The summed E-state index contributed by atoms with van der Waals surface area (Å²) in [5.74, 6) is -0.187. The van der Waals surface area contributed by atoms with Crippen LogP contribution < -0.4 is 0 Å². The number of carbonyl (C=O) groups excluding carboxylic acids is 1. The molecule has 9 heavy (non-hydrogen) atoms. The topological polar surface area (TPSA) is 17.1 Å². The van der Waals surface area contributed by atoms with Gasteiger partial charge in [0.2, 0.25) is 0 Å². The Morgan fingerprint density at radius 3 is 2.89 bits per heavy atom. The molecule has 1 aliphatic rings. The van der Waals surface area contributed by atoms with Gasteiger partial charge >= 0.3 is 0 Å². The molecule has 0 heterocycles. The number of Topliss-reactive ketones (excluding diaryl/α,β-unsaturated/α-hetero) is 1. The molecule has 2 heteroatoms. The van der Waals surface area contributed by atoms with Crippen LogP contribution in [-0.2, 0) is 4.79 Å². The lowest BCUT2D eigenvalue weighted by Gasteiger charge is -1.98. The second-order valence-corrected chi connectivity index (χ2v) is 2.53. The van der Waals surface area contributed by atoms with Crippen LogP contribution in [0.1, 0.15) is 32.1 Å². The predicted molar refractivity (Wildman–Crippen MR) is 33.0 cm³/mol. The minimum atomic E-state index is -1.15. The van der Waals surface area contributed by atoms with Gasteiger partial charge in [0.25, 0.3) is 0 Å². The molecule has 0 spiro atoms. The Kier molecular flexibility index (Phi) is 2.20. The molecule has 0 bridgehead atoms. The quantitative estimate of drug-likeness (QED) is 0.457. The van der Waals surface area contributed by atoms with Crippen molar-refractivity contribution >= 4 is 5.78 Å². The number of carbonyl (C=O) groups is 1. The van der Waals surface area contributed by atoms with Crippen LogP contribution >= 0.6 is 0 Å². The van der Waals surface area contributed by atoms with E-state index in [9.17, 15) is 9.18 Å². The molecule has 1 atom stereocenters. The molecule has 0 aromatic heterocycles. The fourth-order valence-corrected chi connectivity index (χ4v) is 1.12. The third kappa shape index (κ3) is 1.77. The van der Waals surface area contributed by atoms with Gasteiger partial charge in [-0.2, -0.15) is 0 Å². The third-order valence-electron chi connectivity index (χ3n) is 1.73. The van der Waals surface area contributed by atoms with Crippen molar-refractivity contribution in [3.05, 3.63) is 0 Å². The molecule has 1 saturated carbocycles. The summed E-state index contributed by atoms with van der Waals surface area (Å²) in [6.45, 7) is 0. The number of rotatable bonds is 0. The maximum atomic E-state index is 12.5. The largest absolute Gasteiger partial charge is 0.296 e. The fourth-order valence-electron chi connectivity index (χ4n) is 1.12. The highest BCUT2D eigenvalue weighted by Crippen LogP contribution is 2.16. The minimum Gasteiger partial charge on any atom is -0.296 e. The molecule has 0 radical (unpaired) electrons. The SMILES string of the molecule is O=C1CCCCC[C@@H]1F. The molecular formula is C7H11FO. The van der Waals surface area contributed by atoms with Crippen molar-refractivity contribution in [3.8, 4) is 0 Å². The summed E-state index contributed by atoms with van der Waals surface area (Å²) in [5, 5.41) is 0. The zero-order valence-electron chi connectivity index (χ0n) is 5.40. The van der Waals surface area contributed by atoms with Crippen molar-refractivity contribution in [1.82, 2.24) is 0 Å². The average molecular weight is 130 g/mol. The monoisotopic (exact) mass is 130 g/mol. The lowest BCUT2D eigenvalue weighted by atomic mass is 10.2. The standard InChI is InChI=1S/C7H11FO/c8-6-4-2-1-3-5-7(6)9/h6H,1-5H2/t6-/m0/s1. The molecule has 0 amide bonds. The van der Waals surface area contributed by atoms with Gasteiger partial charge in [0, 0.05) is 6.42 Å². The normalized spacial score (nSPS) is 29.9. The molecule has 52 valence electrons. The average Bonchev–Trinajstić information content (AvgIpc) is 1.99. The van der Waals surface area contributed by atoms with E-state index < -0.39 is 6.17 Å². The summed E-state index contributed by atoms with van der Waals surface area (Å²) in [7, 11) is 0. The Bertz CT molecular complexity index is 111. The maximum absolute atomic E-state index is 12.5. The number of halogens is 1. The first-order chi connectivity index (χ1) is 4.30. The summed E-state index contributed by atoms with van der Waals surface area (Å²) in [6.07, 6.45) is 2.56. The van der Waals surface area contributed by atoms with Crippen LogP contribution in [0.25, 0.3) is 0 Å². The van der Waals surface area contributed by atoms with E-state index in [0.717, 1.165) is 19.3 Å². The van der Waals surface area contributed by atoms with Crippen LogP contribution in [-0.4, -0.2) is 12.0 Å². The predicted octanol–water partition coefficient (Wildman–Crippen LogP) is 1.86. The van der Waals surface area contributed by atoms with E-state index in [1.807, 2.05) is 0 Å². The van der Waals surface area contributed by atoms with Gasteiger partial charge in [-0.25, -0.2) is 4.39 Å². The van der Waals surface area contributed by atoms with Gasteiger partial charge in [-0.15, -0.1) is 0 Å². The summed E-state index contributed by atoms with van der Waals surface area (Å²) in [4.78, 5) is 10.6. The molecule has 0 N–H and O–H groups in total. The Morgan fingerprint density at radius 1 is 1.33 bits per heavy atom. The van der Waals surface area contributed by atoms with Gasteiger partial charge in [0.15, 0.2) is 12.0 Å². The van der Waals surface area contributed by atoms with Gasteiger partial charge in [-0.3, -0.25) is 4.79 Å². The second kappa shape index (κ2) is 2.95. The first-order valence-corrected chi connectivity index (χ1v) is 3.47. The van der Waals surface area contributed by atoms with Crippen molar-refractivity contribution in [1.29, 1.82) is 0 Å². The zero-order valence-corrected chi connectivity index (χ0v) is 5.40.